The fourth-order valence-corrected chi connectivity index (χ4v) is 1.76. The molecule has 0 aromatic heterocycles. The lowest BCUT2D eigenvalue weighted by molar-refractivity contribution is 0.161. The SMILES string of the molecule is Cc1ccc(Cl)cc1N(CCl)C(=O)OCCCl. The van der Waals surface area contributed by atoms with Gasteiger partial charge in [-0.05, 0) is 24.6 Å². The summed E-state index contributed by atoms with van der Waals surface area (Å²) in [5, 5.41) is 0.533. The van der Waals surface area contributed by atoms with Crippen molar-refractivity contribution in [3.05, 3.63) is 28.8 Å². The Bertz CT molecular complexity index is 398. The van der Waals surface area contributed by atoms with E-state index in [0.29, 0.717) is 10.7 Å². The number of rotatable bonds is 4. The van der Waals surface area contributed by atoms with Crippen molar-refractivity contribution in [3.63, 3.8) is 0 Å². The van der Waals surface area contributed by atoms with Crippen LogP contribution in [-0.2, 0) is 4.74 Å². The van der Waals surface area contributed by atoms with E-state index in [1.165, 1.54) is 4.90 Å². The van der Waals surface area contributed by atoms with E-state index in [9.17, 15) is 4.79 Å². The van der Waals surface area contributed by atoms with Crippen LogP contribution in [0.5, 0.6) is 0 Å². The van der Waals surface area contributed by atoms with Gasteiger partial charge >= 0.3 is 6.09 Å². The quantitative estimate of drug-likeness (QED) is 0.620. The molecule has 0 fully saturated rings. The lowest BCUT2D eigenvalue weighted by atomic mass is 10.2. The number of alkyl halides is 2. The molecule has 1 rings (SSSR count). The van der Waals surface area contributed by atoms with Crippen LogP contribution in [0.25, 0.3) is 0 Å². The normalized spacial score (nSPS) is 10.1. The van der Waals surface area contributed by atoms with Crippen molar-refractivity contribution in [3.8, 4) is 0 Å². The van der Waals surface area contributed by atoms with Gasteiger partial charge < -0.3 is 4.74 Å². The number of halogens is 3. The molecule has 0 saturated heterocycles. The van der Waals surface area contributed by atoms with Crippen LogP contribution < -0.4 is 4.90 Å². The molecule has 6 heteroatoms. The molecule has 3 nitrogen and oxygen atoms in total. The van der Waals surface area contributed by atoms with Gasteiger partial charge in [-0.15, -0.1) is 23.2 Å². The number of nitrogens with zero attached hydrogens (tertiary/aromatic N) is 1. The van der Waals surface area contributed by atoms with Crippen LogP contribution in [0.1, 0.15) is 5.56 Å². The number of ether oxygens (including phenoxy) is 1. The molecule has 0 radical (unpaired) electrons. The molecule has 1 amide bonds. The fraction of sp³-hybridized carbons (Fsp3) is 0.364. The zero-order chi connectivity index (χ0) is 12.8. The zero-order valence-electron chi connectivity index (χ0n) is 9.25. The lowest BCUT2D eigenvalue weighted by Crippen LogP contribution is -2.31. The molecule has 0 spiro atoms. The second kappa shape index (κ2) is 6.94. The third-order valence-electron chi connectivity index (χ3n) is 2.10. The largest absolute Gasteiger partial charge is 0.448 e. The summed E-state index contributed by atoms with van der Waals surface area (Å²) in [6.07, 6.45) is -0.536. The molecule has 0 aliphatic rings. The molecule has 0 aliphatic carbocycles. The number of hydrogen-bond acceptors (Lipinski definition) is 2. The van der Waals surface area contributed by atoms with Crippen LogP contribution in [0.2, 0.25) is 5.02 Å². The van der Waals surface area contributed by atoms with E-state index >= 15 is 0 Å². The Balaban J connectivity index is 2.92. The van der Waals surface area contributed by atoms with Crippen LogP contribution >= 0.6 is 34.8 Å². The van der Waals surface area contributed by atoms with Crippen molar-refractivity contribution in [2.24, 2.45) is 0 Å². The molecular weight excluding hydrogens is 284 g/mol. The second-order valence-corrected chi connectivity index (χ2v) is 4.34. The average molecular weight is 297 g/mol. The van der Waals surface area contributed by atoms with Crippen molar-refractivity contribution >= 4 is 46.6 Å². The topological polar surface area (TPSA) is 29.5 Å². The molecule has 17 heavy (non-hydrogen) atoms. The van der Waals surface area contributed by atoms with Gasteiger partial charge in [-0.1, -0.05) is 17.7 Å². The highest BCUT2D eigenvalue weighted by Crippen LogP contribution is 2.25. The summed E-state index contributed by atoms with van der Waals surface area (Å²) in [7, 11) is 0. The van der Waals surface area contributed by atoms with Gasteiger partial charge in [-0.25, -0.2) is 4.79 Å². The van der Waals surface area contributed by atoms with Crippen LogP contribution in [0.15, 0.2) is 18.2 Å². The smallest absolute Gasteiger partial charge is 0.415 e. The zero-order valence-corrected chi connectivity index (χ0v) is 11.5. The van der Waals surface area contributed by atoms with Crippen LogP contribution in [0.3, 0.4) is 0 Å². The molecule has 1 aromatic carbocycles. The maximum atomic E-state index is 11.7. The van der Waals surface area contributed by atoms with Gasteiger partial charge in [-0.3, -0.25) is 4.90 Å². The van der Waals surface area contributed by atoms with Crippen LogP contribution in [-0.4, -0.2) is 24.6 Å². The first-order valence-electron chi connectivity index (χ1n) is 4.92. The molecule has 0 atom stereocenters. The average Bonchev–Trinajstić information content (AvgIpc) is 2.32. The molecule has 1 aromatic rings. The van der Waals surface area contributed by atoms with Crippen LogP contribution in [0, 0.1) is 6.92 Å². The Hall–Kier alpha value is -0.640. The van der Waals surface area contributed by atoms with E-state index in [2.05, 4.69) is 0 Å². The molecular formula is C11H12Cl3NO2. The third kappa shape index (κ3) is 3.95. The Kier molecular flexibility index (Phi) is 5.89. The molecule has 0 aliphatic heterocycles. The highest BCUT2D eigenvalue weighted by molar-refractivity contribution is 6.31. The predicted octanol–water partition coefficient (Wildman–Crippen LogP) is 4.03. The number of carbonyl (C=O) groups is 1. The second-order valence-electron chi connectivity index (χ2n) is 3.28. The number of benzene rings is 1. The van der Waals surface area contributed by atoms with Crippen molar-refractivity contribution in [1.82, 2.24) is 0 Å². The number of anilines is 1. The van der Waals surface area contributed by atoms with E-state index in [1.807, 2.05) is 13.0 Å². The highest BCUT2D eigenvalue weighted by atomic mass is 35.5. The molecule has 94 valence electrons. The van der Waals surface area contributed by atoms with Gasteiger partial charge in [-0.2, -0.15) is 0 Å². The molecule has 0 saturated carbocycles. The van der Waals surface area contributed by atoms with Gasteiger partial charge in [0.25, 0.3) is 0 Å². The molecule has 0 N–H and O–H groups in total. The Morgan fingerprint density at radius 1 is 1.41 bits per heavy atom. The van der Waals surface area contributed by atoms with E-state index in [0.717, 1.165) is 5.56 Å². The highest BCUT2D eigenvalue weighted by Gasteiger charge is 2.18. The maximum Gasteiger partial charge on any atom is 0.415 e. The first-order valence-corrected chi connectivity index (χ1v) is 6.37. The van der Waals surface area contributed by atoms with Gasteiger partial charge in [0.2, 0.25) is 0 Å². The summed E-state index contributed by atoms with van der Waals surface area (Å²) in [5.74, 6) is 0.246. The molecule has 0 unspecified atom stereocenters. The number of carbonyl (C=O) groups excluding carboxylic acids is 1. The van der Waals surface area contributed by atoms with E-state index < -0.39 is 6.09 Å². The van der Waals surface area contributed by atoms with Crippen molar-refractivity contribution in [2.75, 3.05) is 23.4 Å². The first kappa shape index (κ1) is 14.4. The van der Waals surface area contributed by atoms with Crippen LogP contribution in [0.4, 0.5) is 10.5 Å². The van der Waals surface area contributed by atoms with E-state index in [-0.39, 0.29) is 18.5 Å². The minimum atomic E-state index is -0.536. The monoisotopic (exact) mass is 295 g/mol. The first-order chi connectivity index (χ1) is 8.10. The molecule has 0 bridgehead atoms. The summed E-state index contributed by atoms with van der Waals surface area (Å²) in [4.78, 5) is 13.0. The fourth-order valence-electron chi connectivity index (χ4n) is 1.29. The predicted molar refractivity (Wildman–Crippen MR) is 71.5 cm³/mol. The standard InChI is InChI=1S/C11H12Cl3NO2/c1-8-2-3-9(14)6-10(8)15(7-13)11(16)17-5-4-12/h2-3,6H,4-5,7H2,1H3. The summed E-state index contributed by atoms with van der Waals surface area (Å²) >= 11 is 17.1. The number of amides is 1. The summed E-state index contributed by atoms with van der Waals surface area (Å²) in [6, 6.07) is 5.21. The third-order valence-corrected chi connectivity index (χ3v) is 2.73. The van der Waals surface area contributed by atoms with Crippen molar-refractivity contribution in [1.29, 1.82) is 0 Å². The lowest BCUT2D eigenvalue weighted by Gasteiger charge is -2.21. The molecule has 0 heterocycles. The Morgan fingerprint density at radius 2 is 2.12 bits per heavy atom. The van der Waals surface area contributed by atoms with Crippen molar-refractivity contribution in [2.45, 2.75) is 6.92 Å². The number of hydrogen-bond donors (Lipinski definition) is 0. The van der Waals surface area contributed by atoms with Gasteiger partial charge in [0.1, 0.15) is 12.6 Å². The Labute approximate surface area is 115 Å². The van der Waals surface area contributed by atoms with Gasteiger partial charge in [0.15, 0.2) is 0 Å². The minimum absolute atomic E-state index is 0.0116. The van der Waals surface area contributed by atoms with Gasteiger partial charge in [0, 0.05) is 5.02 Å². The summed E-state index contributed by atoms with van der Waals surface area (Å²) in [5.41, 5.74) is 1.52. The van der Waals surface area contributed by atoms with Gasteiger partial charge in [0.05, 0.1) is 11.6 Å². The maximum absolute atomic E-state index is 11.7. The summed E-state index contributed by atoms with van der Waals surface area (Å²) < 4.78 is 4.92. The Morgan fingerprint density at radius 3 is 2.71 bits per heavy atom. The van der Waals surface area contributed by atoms with E-state index in [1.54, 1.807) is 12.1 Å². The van der Waals surface area contributed by atoms with Crippen molar-refractivity contribution < 1.29 is 9.53 Å². The number of aryl methyl sites for hydroxylation is 1. The minimum Gasteiger partial charge on any atom is -0.448 e. The summed E-state index contributed by atoms with van der Waals surface area (Å²) in [6.45, 7) is 2.01. The van der Waals surface area contributed by atoms with E-state index in [4.69, 9.17) is 39.5 Å².